The Balaban J connectivity index is 1.81. The molecule has 0 radical (unpaired) electrons. The molecule has 3 rings (SSSR count). The molecule has 0 aromatic heterocycles. The van der Waals surface area contributed by atoms with Gasteiger partial charge < -0.3 is 9.47 Å². The lowest BCUT2D eigenvalue weighted by Crippen LogP contribution is -1.89. The van der Waals surface area contributed by atoms with E-state index in [0.29, 0.717) is 0 Å². The van der Waals surface area contributed by atoms with Gasteiger partial charge in [-0.25, -0.2) is 0 Å². The van der Waals surface area contributed by atoms with Gasteiger partial charge in [-0.1, -0.05) is 35.4 Å². The Morgan fingerprint density at radius 3 is 1.22 bits per heavy atom. The highest BCUT2D eigenvalue weighted by atomic mass is 16.5. The maximum atomic E-state index is 5.93. The summed E-state index contributed by atoms with van der Waals surface area (Å²) < 4.78 is 11.9. The Morgan fingerprint density at radius 1 is 0.435 bits per heavy atom. The zero-order chi connectivity index (χ0) is 16.2. The minimum absolute atomic E-state index is 0.774. The van der Waals surface area contributed by atoms with Gasteiger partial charge in [-0.2, -0.15) is 0 Å². The van der Waals surface area contributed by atoms with Crippen molar-refractivity contribution in [1.29, 1.82) is 0 Å². The minimum Gasteiger partial charge on any atom is -0.457 e. The van der Waals surface area contributed by atoms with Crippen LogP contribution >= 0.6 is 0 Å². The van der Waals surface area contributed by atoms with Crippen LogP contribution in [0.15, 0.2) is 66.7 Å². The lowest BCUT2D eigenvalue weighted by atomic mass is 10.2. The van der Waals surface area contributed by atoms with Crippen LogP contribution in [0, 0.1) is 20.8 Å². The van der Waals surface area contributed by atoms with Crippen LogP contribution in [0.5, 0.6) is 23.0 Å². The Labute approximate surface area is 137 Å². The van der Waals surface area contributed by atoms with Crippen LogP contribution in [-0.2, 0) is 0 Å². The predicted octanol–water partition coefficient (Wildman–Crippen LogP) is 6.20. The number of aryl methyl sites for hydroxylation is 3. The average Bonchev–Trinajstić information content (AvgIpc) is 2.51. The largest absolute Gasteiger partial charge is 0.457 e. The molecule has 0 unspecified atom stereocenters. The van der Waals surface area contributed by atoms with Gasteiger partial charge in [0.25, 0.3) is 0 Å². The van der Waals surface area contributed by atoms with Gasteiger partial charge >= 0.3 is 0 Å². The van der Waals surface area contributed by atoms with Crippen molar-refractivity contribution in [3.8, 4) is 23.0 Å². The molecule has 0 aliphatic heterocycles. The second kappa shape index (κ2) is 6.57. The van der Waals surface area contributed by atoms with Crippen molar-refractivity contribution >= 4 is 0 Å². The summed E-state index contributed by atoms with van der Waals surface area (Å²) in [5.41, 5.74) is 3.52. The molecule has 0 N–H and O–H groups in total. The van der Waals surface area contributed by atoms with Crippen LogP contribution in [0.4, 0.5) is 0 Å². The molecule has 23 heavy (non-hydrogen) atoms. The lowest BCUT2D eigenvalue weighted by molar-refractivity contribution is 0.459. The average molecular weight is 304 g/mol. The number of rotatable bonds is 4. The van der Waals surface area contributed by atoms with Gasteiger partial charge in [-0.05, 0) is 62.7 Å². The summed E-state index contributed by atoms with van der Waals surface area (Å²) in [5, 5.41) is 0. The summed E-state index contributed by atoms with van der Waals surface area (Å²) in [7, 11) is 0. The van der Waals surface area contributed by atoms with Crippen LogP contribution in [0.2, 0.25) is 0 Å². The van der Waals surface area contributed by atoms with Crippen LogP contribution < -0.4 is 9.47 Å². The number of hydrogen-bond acceptors (Lipinski definition) is 2. The van der Waals surface area contributed by atoms with E-state index in [0.717, 1.165) is 28.6 Å². The van der Waals surface area contributed by atoms with E-state index in [-0.39, 0.29) is 0 Å². The topological polar surface area (TPSA) is 18.5 Å². The molecule has 0 heterocycles. The monoisotopic (exact) mass is 304 g/mol. The molecule has 0 saturated carbocycles. The second-order valence-electron chi connectivity index (χ2n) is 5.81. The van der Waals surface area contributed by atoms with Gasteiger partial charge in [0.15, 0.2) is 0 Å². The summed E-state index contributed by atoms with van der Waals surface area (Å²) in [4.78, 5) is 0. The molecule has 0 fully saturated rings. The molecule has 3 aromatic carbocycles. The molecule has 0 aliphatic carbocycles. The van der Waals surface area contributed by atoms with Gasteiger partial charge in [0.2, 0.25) is 0 Å². The van der Waals surface area contributed by atoms with Crippen molar-refractivity contribution in [3.05, 3.63) is 83.4 Å². The highest BCUT2D eigenvalue weighted by molar-refractivity contribution is 5.43. The predicted molar refractivity (Wildman–Crippen MR) is 93.7 cm³/mol. The van der Waals surface area contributed by atoms with Crippen LogP contribution in [0.25, 0.3) is 0 Å². The Kier molecular flexibility index (Phi) is 4.33. The smallest absolute Gasteiger partial charge is 0.131 e. The van der Waals surface area contributed by atoms with Crippen molar-refractivity contribution < 1.29 is 9.47 Å². The van der Waals surface area contributed by atoms with Crippen molar-refractivity contribution in [2.24, 2.45) is 0 Å². The lowest BCUT2D eigenvalue weighted by Gasteiger charge is -2.11. The number of hydrogen-bond donors (Lipinski definition) is 0. The highest BCUT2D eigenvalue weighted by Crippen LogP contribution is 2.30. The normalized spacial score (nSPS) is 10.4. The van der Waals surface area contributed by atoms with Crippen molar-refractivity contribution in [2.75, 3.05) is 0 Å². The van der Waals surface area contributed by atoms with E-state index in [1.165, 1.54) is 11.1 Å². The quantitative estimate of drug-likeness (QED) is 0.571. The first kappa shape index (κ1) is 15.2. The third kappa shape index (κ3) is 4.13. The van der Waals surface area contributed by atoms with E-state index in [2.05, 4.69) is 13.8 Å². The molecule has 0 aliphatic rings. The molecule has 2 nitrogen and oxygen atoms in total. The molecular formula is C21H20O2. The standard InChI is InChI=1S/C21H20O2/c1-15-4-8-18(9-5-15)22-20-12-17(3)13-21(14-20)23-19-10-6-16(2)7-11-19/h4-14H,1-3H3. The van der Waals surface area contributed by atoms with Gasteiger partial charge in [0.1, 0.15) is 23.0 Å². The summed E-state index contributed by atoms with van der Waals surface area (Å²) in [6.07, 6.45) is 0. The van der Waals surface area contributed by atoms with E-state index in [4.69, 9.17) is 9.47 Å². The minimum atomic E-state index is 0.774. The van der Waals surface area contributed by atoms with Gasteiger partial charge in [-0.3, -0.25) is 0 Å². The summed E-state index contributed by atoms with van der Waals surface area (Å²) >= 11 is 0. The van der Waals surface area contributed by atoms with Crippen molar-refractivity contribution in [2.45, 2.75) is 20.8 Å². The van der Waals surface area contributed by atoms with Gasteiger partial charge in [-0.15, -0.1) is 0 Å². The molecule has 2 heteroatoms. The highest BCUT2D eigenvalue weighted by Gasteiger charge is 2.04. The van der Waals surface area contributed by atoms with Crippen molar-refractivity contribution in [3.63, 3.8) is 0 Å². The first-order valence-corrected chi connectivity index (χ1v) is 7.69. The molecule has 0 atom stereocenters. The van der Waals surface area contributed by atoms with Crippen LogP contribution in [0.1, 0.15) is 16.7 Å². The molecule has 0 amide bonds. The van der Waals surface area contributed by atoms with E-state index >= 15 is 0 Å². The van der Waals surface area contributed by atoms with Crippen molar-refractivity contribution in [1.82, 2.24) is 0 Å². The van der Waals surface area contributed by atoms with E-state index < -0.39 is 0 Å². The fraction of sp³-hybridized carbons (Fsp3) is 0.143. The molecule has 0 saturated heterocycles. The summed E-state index contributed by atoms with van der Waals surface area (Å²) in [6, 6.07) is 21.9. The Hall–Kier alpha value is -2.74. The number of ether oxygens (including phenoxy) is 2. The fourth-order valence-electron chi connectivity index (χ4n) is 2.32. The SMILES string of the molecule is Cc1ccc(Oc2cc(C)cc(Oc3ccc(C)cc3)c2)cc1. The molecule has 0 spiro atoms. The summed E-state index contributed by atoms with van der Waals surface area (Å²) in [6.45, 7) is 6.15. The Morgan fingerprint density at radius 2 is 0.826 bits per heavy atom. The molecule has 3 aromatic rings. The fourth-order valence-corrected chi connectivity index (χ4v) is 2.32. The maximum absolute atomic E-state index is 5.93. The second-order valence-corrected chi connectivity index (χ2v) is 5.81. The molecule has 116 valence electrons. The van der Waals surface area contributed by atoms with E-state index in [1.807, 2.05) is 73.7 Å². The van der Waals surface area contributed by atoms with E-state index in [1.54, 1.807) is 0 Å². The summed E-state index contributed by atoms with van der Waals surface area (Å²) in [5.74, 6) is 3.19. The first-order chi connectivity index (χ1) is 11.1. The van der Waals surface area contributed by atoms with E-state index in [9.17, 15) is 0 Å². The first-order valence-electron chi connectivity index (χ1n) is 7.69. The molecule has 0 bridgehead atoms. The van der Waals surface area contributed by atoms with Gasteiger partial charge in [0, 0.05) is 6.07 Å². The van der Waals surface area contributed by atoms with Crippen LogP contribution in [-0.4, -0.2) is 0 Å². The third-order valence-corrected chi connectivity index (χ3v) is 3.54. The third-order valence-electron chi connectivity index (χ3n) is 3.54. The maximum Gasteiger partial charge on any atom is 0.131 e. The number of benzene rings is 3. The Bertz CT molecular complexity index is 721. The van der Waals surface area contributed by atoms with Crippen LogP contribution in [0.3, 0.4) is 0 Å². The zero-order valence-corrected chi connectivity index (χ0v) is 13.7. The van der Waals surface area contributed by atoms with Gasteiger partial charge in [0.05, 0.1) is 0 Å². The zero-order valence-electron chi connectivity index (χ0n) is 13.7. The molecular weight excluding hydrogens is 284 g/mol.